The summed E-state index contributed by atoms with van der Waals surface area (Å²) in [5.41, 5.74) is 0. The molecule has 1 unspecified atom stereocenters. The fraction of sp³-hybridized carbons (Fsp3) is 0. The van der Waals surface area contributed by atoms with Gasteiger partial charge in [0.15, 0.2) is 8.69 Å². The minimum absolute atomic E-state index is 0. The van der Waals surface area contributed by atoms with Crippen molar-refractivity contribution in [1.82, 2.24) is 0 Å². The van der Waals surface area contributed by atoms with E-state index in [0.29, 0.717) is 0 Å². The van der Waals surface area contributed by atoms with Crippen molar-refractivity contribution >= 4 is 43.0 Å². The van der Waals surface area contributed by atoms with Gasteiger partial charge in [0.05, 0.1) is 0 Å². The van der Waals surface area contributed by atoms with Crippen molar-refractivity contribution in [3.8, 4) is 0 Å². The molecule has 0 fully saturated rings. The van der Waals surface area contributed by atoms with Crippen molar-refractivity contribution in [1.29, 1.82) is 0 Å². The van der Waals surface area contributed by atoms with Crippen LogP contribution < -0.4 is 0 Å². The molecule has 0 amide bonds. The van der Waals surface area contributed by atoms with Crippen LogP contribution in [0.1, 0.15) is 0 Å². The Morgan fingerprint density at radius 2 is 1.33 bits per heavy atom. The summed E-state index contributed by atoms with van der Waals surface area (Å²) in [6.45, 7) is 0. The standard InChI is InChI=1S/H2O4S.H3O2P.Sn.2H/c1-5(2,3)4;1-3-2;;;/h(H2,1,2,3,4);3H2,(H,1,2);;;/q;;+2;;/p-2. The molecule has 0 radical (unpaired) electrons. The molecule has 0 rings (SSSR count). The average Bonchev–Trinajstić information content (AvgIpc) is 1.27. The fourth-order valence-electron chi connectivity index (χ4n) is 0. The van der Waals surface area contributed by atoms with Gasteiger partial charge in [0, 0.05) is 10.4 Å². The van der Waals surface area contributed by atoms with Crippen LogP contribution in [0.15, 0.2) is 0 Å². The van der Waals surface area contributed by atoms with Crippen molar-refractivity contribution in [2.75, 3.05) is 0 Å². The first-order chi connectivity index (χ1) is 3.41. The van der Waals surface area contributed by atoms with Gasteiger partial charge < -0.3 is 14.0 Å². The van der Waals surface area contributed by atoms with Crippen molar-refractivity contribution in [3.05, 3.63) is 0 Å². The van der Waals surface area contributed by atoms with E-state index in [1.165, 1.54) is 0 Å². The molecule has 0 aromatic rings. The molecule has 0 saturated carbocycles. The zero-order valence-corrected chi connectivity index (χ0v) is 10.2. The van der Waals surface area contributed by atoms with Crippen LogP contribution in [0.4, 0.5) is 0 Å². The van der Waals surface area contributed by atoms with Crippen LogP contribution in [-0.4, -0.2) is 46.3 Å². The van der Waals surface area contributed by atoms with Crippen molar-refractivity contribution < 1.29 is 27.0 Å². The number of hydrogen-bond donors (Lipinski definition) is 1. The van der Waals surface area contributed by atoms with E-state index in [-0.39, 0.29) is 23.9 Å². The Balaban J connectivity index is -0.0000000800. The van der Waals surface area contributed by atoms with Crippen LogP contribution in [-0.2, 0) is 15.0 Å². The summed E-state index contributed by atoms with van der Waals surface area (Å²) >= 11 is 0. The van der Waals surface area contributed by atoms with Gasteiger partial charge in [-0.3, -0.25) is 13.0 Å². The molecule has 56 valence electrons. The van der Waals surface area contributed by atoms with Gasteiger partial charge in [-0.15, -0.1) is 0 Å². The molecule has 0 heterocycles. The first-order valence-corrected chi connectivity index (χ1v) is 3.48. The molecule has 0 aliphatic carbocycles. The van der Waals surface area contributed by atoms with Gasteiger partial charge >= 0.3 is 23.9 Å². The third-order valence-electron chi connectivity index (χ3n) is 0. The Hall–Kier alpha value is 0.859. The molecule has 0 bridgehead atoms. The number of rotatable bonds is 0. The van der Waals surface area contributed by atoms with E-state index in [1.807, 2.05) is 0 Å². The van der Waals surface area contributed by atoms with Crippen molar-refractivity contribution in [3.63, 3.8) is 0 Å². The summed E-state index contributed by atoms with van der Waals surface area (Å²) in [4.78, 5) is 7.10. The summed E-state index contributed by atoms with van der Waals surface area (Å²) in [6, 6.07) is 0. The summed E-state index contributed by atoms with van der Waals surface area (Å²) in [5.74, 6) is 0. The summed E-state index contributed by atoms with van der Waals surface area (Å²) in [6.07, 6.45) is 0. The third-order valence-corrected chi connectivity index (χ3v) is 0. The molecular weight excluding hydrogens is 278 g/mol. The van der Waals surface area contributed by atoms with E-state index in [1.54, 1.807) is 0 Å². The molecular formula is H5O6PSSn. The molecule has 0 aliphatic rings. The fourth-order valence-corrected chi connectivity index (χ4v) is 0. The van der Waals surface area contributed by atoms with Gasteiger partial charge in [0.2, 0.25) is 0 Å². The van der Waals surface area contributed by atoms with Crippen LogP contribution in [0.2, 0.25) is 0 Å². The van der Waals surface area contributed by atoms with E-state index >= 15 is 0 Å². The van der Waals surface area contributed by atoms with Crippen LogP contribution in [0.25, 0.3) is 0 Å². The van der Waals surface area contributed by atoms with Gasteiger partial charge in [-0.1, -0.05) is 0 Å². The van der Waals surface area contributed by atoms with Crippen LogP contribution in [0, 0.1) is 0 Å². The first kappa shape index (κ1) is 16.4. The van der Waals surface area contributed by atoms with Crippen LogP contribution in [0.3, 0.4) is 0 Å². The van der Waals surface area contributed by atoms with Crippen LogP contribution in [0.5, 0.6) is 0 Å². The predicted octanol–water partition coefficient (Wildman–Crippen LogP) is -2.60. The Morgan fingerprint density at radius 3 is 1.33 bits per heavy atom. The topological polar surface area (TPSA) is 118 Å². The maximum absolute atomic E-state index is 8.57. The van der Waals surface area contributed by atoms with Crippen molar-refractivity contribution in [2.24, 2.45) is 0 Å². The Labute approximate surface area is 70.1 Å². The van der Waals surface area contributed by atoms with E-state index in [9.17, 15) is 0 Å². The second kappa shape index (κ2) is 8.86. The average molecular weight is 283 g/mol. The molecule has 1 atom stereocenters. The quantitative estimate of drug-likeness (QED) is 0.225. The second-order valence-electron chi connectivity index (χ2n) is 0.514. The van der Waals surface area contributed by atoms with Gasteiger partial charge in [-0.2, -0.15) is 0 Å². The summed E-state index contributed by atoms with van der Waals surface area (Å²) < 4.78 is 42.7. The third kappa shape index (κ3) is 565. The molecule has 6 nitrogen and oxygen atoms in total. The van der Waals surface area contributed by atoms with Crippen molar-refractivity contribution in [2.45, 2.75) is 0 Å². The SMILES string of the molecule is O=S(=O)([O-])[O-].O=[PH2]O.[SnH2+2]. The first-order valence-electron chi connectivity index (χ1n) is 1.16. The van der Waals surface area contributed by atoms with Gasteiger partial charge in [-0.05, 0) is 0 Å². The van der Waals surface area contributed by atoms with E-state index in [0.717, 1.165) is 0 Å². The zero-order chi connectivity index (χ0) is 7.21. The number of hydrogen-bond acceptors (Lipinski definition) is 5. The molecule has 0 aliphatic heterocycles. The molecule has 0 aromatic carbocycles. The van der Waals surface area contributed by atoms with Crippen LogP contribution >= 0.6 is 8.69 Å². The summed E-state index contributed by atoms with van der Waals surface area (Å²) in [7, 11) is -6.67. The maximum atomic E-state index is 8.57. The molecule has 0 spiro atoms. The van der Waals surface area contributed by atoms with E-state index in [4.69, 9.17) is 27.0 Å². The van der Waals surface area contributed by atoms with Gasteiger partial charge in [0.1, 0.15) is 0 Å². The monoisotopic (exact) mass is 284 g/mol. The summed E-state index contributed by atoms with van der Waals surface area (Å²) in [5, 5.41) is 0. The zero-order valence-electron chi connectivity index (χ0n) is 4.18. The molecule has 9 heteroatoms. The molecule has 0 saturated heterocycles. The van der Waals surface area contributed by atoms with Gasteiger partial charge in [0.25, 0.3) is 0 Å². The Bertz CT molecular complexity index is 127. The minimum atomic E-state index is -5.17. The second-order valence-corrected chi connectivity index (χ2v) is 1.54. The Morgan fingerprint density at radius 1 is 1.33 bits per heavy atom. The van der Waals surface area contributed by atoms with E-state index in [2.05, 4.69) is 0 Å². The Kier molecular flexibility index (Phi) is 16.2. The van der Waals surface area contributed by atoms with Gasteiger partial charge in [-0.25, -0.2) is 0 Å². The molecule has 0 aromatic heterocycles. The molecule has 1 N–H and O–H groups in total. The molecule has 9 heavy (non-hydrogen) atoms. The normalized spacial score (nSPS) is 9.67. The van der Waals surface area contributed by atoms with E-state index < -0.39 is 19.1 Å². The predicted molar refractivity (Wildman–Crippen MR) is 31.6 cm³/mol.